The van der Waals surface area contributed by atoms with Crippen LogP contribution in [-0.2, 0) is 43.0 Å². The van der Waals surface area contributed by atoms with Crippen LogP contribution in [-0.4, -0.2) is 84.1 Å². The molecule has 0 bridgehead atoms. The number of hydrogen-bond donors (Lipinski definition) is 5. The van der Waals surface area contributed by atoms with Gasteiger partial charge in [0.2, 0.25) is 23.5 Å². The smallest absolute Gasteiger partial charge is 0.407 e. The fourth-order valence-corrected chi connectivity index (χ4v) is 10.1. The summed E-state index contributed by atoms with van der Waals surface area (Å²) in [6.45, 7) is 12.2. The van der Waals surface area contributed by atoms with Crippen molar-refractivity contribution in [3.63, 3.8) is 0 Å². The van der Waals surface area contributed by atoms with Crippen molar-refractivity contribution >= 4 is 53.2 Å². The second kappa shape index (κ2) is 26.7. The number of rotatable bonds is 23. The van der Waals surface area contributed by atoms with Gasteiger partial charge in [0.1, 0.15) is 23.7 Å². The highest BCUT2D eigenvalue weighted by Gasteiger charge is 2.41. The average molecular weight is 990 g/mol. The summed E-state index contributed by atoms with van der Waals surface area (Å²) >= 11 is 1.34. The molecule has 4 atom stereocenters. The molecule has 5 amide bonds. The first-order chi connectivity index (χ1) is 33.9. The zero-order chi connectivity index (χ0) is 51.6. The van der Waals surface area contributed by atoms with Gasteiger partial charge in [0, 0.05) is 5.75 Å². The minimum Gasteiger partial charge on any atom is -0.458 e. The Hall–Kier alpha value is -6.48. The fraction of sp³-hybridized carbons (Fsp3) is 0.446. The molecule has 1 unspecified atom stereocenters. The Morgan fingerprint density at radius 2 is 1.13 bits per heavy atom. The van der Waals surface area contributed by atoms with Crippen LogP contribution in [0.15, 0.2) is 121 Å². The van der Waals surface area contributed by atoms with E-state index >= 15 is 0 Å². The number of esters is 1. The first kappa shape index (κ1) is 55.4. The second-order valence-corrected chi connectivity index (χ2v) is 21.1. The zero-order valence-electron chi connectivity index (χ0n) is 42.0. The molecule has 4 aromatic carbocycles. The standard InChI is InChI=1S/C56H71N5O9S/c1-37(2)33-44(58-51(65)47(39-23-13-8-14-24-39)61-54(68)69-35-38(3)4)50(64)59-45(36-71-56(41-27-17-10-18-28-41,42-29-19-11-20-30-42)43-31-21-12-22-32-43)49(63)52(66)57-34-46(62)60-48(40-25-15-9-16-26-40)53(67)70-55(5,6)7/h9-12,15-22,25-32,37-39,44-45,47-48H,8,13-14,23-24,33-36H2,1-7H3,(H,57,66)(H,58,65)(H,59,64)(H,60,62)(H,61,68)/t44-,45?,47-,48-/m0/s1. The molecular formula is C56H71N5O9S. The number of nitrogens with one attached hydrogen (secondary N) is 5. The van der Waals surface area contributed by atoms with Crippen molar-refractivity contribution in [3.05, 3.63) is 144 Å². The summed E-state index contributed by atoms with van der Waals surface area (Å²) < 4.78 is 10.0. The Morgan fingerprint density at radius 1 is 0.620 bits per heavy atom. The van der Waals surface area contributed by atoms with E-state index < -0.39 is 82.5 Å². The predicted octanol–water partition coefficient (Wildman–Crippen LogP) is 7.94. The van der Waals surface area contributed by atoms with Crippen LogP contribution in [0.25, 0.3) is 0 Å². The highest BCUT2D eigenvalue weighted by Crippen LogP contribution is 2.48. The van der Waals surface area contributed by atoms with Crippen LogP contribution in [0.2, 0.25) is 0 Å². The first-order valence-corrected chi connectivity index (χ1v) is 25.6. The van der Waals surface area contributed by atoms with Crippen LogP contribution >= 0.6 is 11.8 Å². The summed E-state index contributed by atoms with van der Waals surface area (Å²) in [6, 6.07) is 32.8. The van der Waals surface area contributed by atoms with Crippen LogP contribution in [0.1, 0.15) is 115 Å². The van der Waals surface area contributed by atoms with Gasteiger partial charge < -0.3 is 36.1 Å². The summed E-state index contributed by atoms with van der Waals surface area (Å²) in [5.41, 5.74) is 2.20. The van der Waals surface area contributed by atoms with Gasteiger partial charge in [-0.05, 0) is 80.0 Å². The maximum absolute atomic E-state index is 14.7. The first-order valence-electron chi connectivity index (χ1n) is 24.6. The lowest BCUT2D eigenvalue weighted by molar-refractivity contribution is -0.158. The van der Waals surface area contributed by atoms with Gasteiger partial charge in [-0.25, -0.2) is 9.59 Å². The summed E-state index contributed by atoms with van der Waals surface area (Å²) in [5, 5.41) is 13.6. The average Bonchev–Trinajstić information content (AvgIpc) is 3.36. The molecule has 5 rings (SSSR count). The van der Waals surface area contributed by atoms with E-state index in [1.165, 1.54) is 11.8 Å². The number of ether oxygens (including phenoxy) is 2. The maximum atomic E-state index is 14.7. The number of carbonyl (C=O) groups is 7. The number of hydrogen-bond acceptors (Lipinski definition) is 10. The lowest BCUT2D eigenvalue weighted by Gasteiger charge is -2.36. The molecular weight excluding hydrogens is 919 g/mol. The highest BCUT2D eigenvalue weighted by atomic mass is 32.2. The van der Waals surface area contributed by atoms with E-state index in [4.69, 9.17) is 9.47 Å². The minimum absolute atomic E-state index is 0.0734. The van der Waals surface area contributed by atoms with Gasteiger partial charge >= 0.3 is 12.1 Å². The summed E-state index contributed by atoms with van der Waals surface area (Å²) in [5.74, 6) is -5.34. The van der Waals surface area contributed by atoms with Crippen molar-refractivity contribution in [3.8, 4) is 0 Å². The second-order valence-electron chi connectivity index (χ2n) is 19.8. The van der Waals surface area contributed by atoms with Crippen LogP contribution in [0.3, 0.4) is 0 Å². The summed E-state index contributed by atoms with van der Waals surface area (Å²) in [7, 11) is 0. The lowest BCUT2D eigenvalue weighted by Crippen LogP contribution is -2.59. The minimum atomic E-state index is -1.49. The van der Waals surface area contributed by atoms with Crippen molar-refractivity contribution < 1.29 is 43.0 Å². The Morgan fingerprint density at radius 3 is 1.62 bits per heavy atom. The SMILES string of the molecule is CC(C)COC(=O)N[C@H](C(=O)N[C@@H](CC(C)C)C(=O)NC(CSC(c1ccccc1)(c1ccccc1)c1ccccc1)C(=O)C(=O)NCC(=O)N[C@H](C(=O)OC(C)(C)C)c1ccccc1)C1CCCCC1. The number of alkyl carbamates (subject to hydrolysis) is 1. The Balaban J connectivity index is 1.47. The van der Waals surface area contributed by atoms with Gasteiger partial charge in [-0.1, -0.05) is 168 Å². The quantitative estimate of drug-likeness (QED) is 0.0276. The Bertz CT molecular complexity index is 2280. The van der Waals surface area contributed by atoms with Crippen molar-refractivity contribution in [2.24, 2.45) is 17.8 Å². The van der Waals surface area contributed by atoms with E-state index in [0.717, 1.165) is 36.0 Å². The van der Waals surface area contributed by atoms with Crippen LogP contribution < -0.4 is 26.6 Å². The monoisotopic (exact) mass is 989 g/mol. The number of ketones is 1. The largest absolute Gasteiger partial charge is 0.458 e. The van der Waals surface area contributed by atoms with Crippen LogP contribution in [0.4, 0.5) is 4.79 Å². The van der Waals surface area contributed by atoms with Gasteiger partial charge in [0.25, 0.3) is 5.91 Å². The van der Waals surface area contributed by atoms with Crippen molar-refractivity contribution in [1.29, 1.82) is 0 Å². The van der Waals surface area contributed by atoms with E-state index in [0.29, 0.717) is 18.4 Å². The van der Waals surface area contributed by atoms with Gasteiger partial charge in [-0.15, -0.1) is 11.8 Å². The molecule has 380 valence electrons. The van der Waals surface area contributed by atoms with E-state index in [2.05, 4.69) is 26.6 Å². The normalized spacial score (nSPS) is 14.8. The van der Waals surface area contributed by atoms with Crippen LogP contribution in [0.5, 0.6) is 0 Å². The van der Waals surface area contributed by atoms with E-state index in [1.54, 1.807) is 51.1 Å². The molecule has 14 nitrogen and oxygen atoms in total. The fourth-order valence-electron chi connectivity index (χ4n) is 8.57. The highest BCUT2D eigenvalue weighted by molar-refractivity contribution is 8.00. The lowest BCUT2D eigenvalue weighted by atomic mass is 9.83. The molecule has 1 aliphatic carbocycles. The van der Waals surface area contributed by atoms with Gasteiger partial charge in [-0.3, -0.25) is 24.0 Å². The van der Waals surface area contributed by atoms with E-state index in [1.807, 2.05) is 119 Å². The third-order valence-electron chi connectivity index (χ3n) is 11.9. The zero-order valence-corrected chi connectivity index (χ0v) is 42.9. The molecule has 0 saturated heterocycles. The Kier molecular flexibility index (Phi) is 20.8. The van der Waals surface area contributed by atoms with E-state index in [9.17, 15) is 33.6 Å². The molecule has 0 radical (unpaired) electrons. The number of amides is 5. The molecule has 15 heteroatoms. The molecule has 4 aromatic rings. The Labute approximate surface area is 423 Å². The molecule has 71 heavy (non-hydrogen) atoms. The third-order valence-corrected chi connectivity index (χ3v) is 13.6. The van der Waals surface area contributed by atoms with Gasteiger partial charge in [0.15, 0.2) is 6.04 Å². The molecule has 0 aromatic heterocycles. The van der Waals surface area contributed by atoms with Gasteiger partial charge in [0.05, 0.1) is 17.9 Å². The number of Topliss-reactive ketones (excluding diaryl/α,β-unsaturated/α-hetero) is 1. The number of thioether (sulfide) groups is 1. The summed E-state index contributed by atoms with van der Waals surface area (Å²) in [6.07, 6.45) is 3.60. The van der Waals surface area contributed by atoms with Crippen molar-refractivity contribution in [2.75, 3.05) is 18.9 Å². The summed E-state index contributed by atoms with van der Waals surface area (Å²) in [4.78, 5) is 97.6. The predicted molar refractivity (Wildman–Crippen MR) is 276 cm³/mol. The van der Waals surface area contributed by atoms with Crippen molar-refractivity contribution in [1.82, 2.24) is 26.6 Å². The van der Waals surface area contributed by atoms with E-state index in [-0.39, 0.29) is 36.5 Å². The molecule has 1 saturated carbocycles. The van der Waals surface area contributed by atoms with Gasteiger partial charge in [-0.2, -0.15) is 0 Å². The number of carbonyl (C=O) groups excluding carboxylic acids is 7. The molecule has 0 spiro atoms. The molecule has 0 aliphatic heterocycles. The maximum Gasteiger partial charge on any atom is 0.407 e. The van der Waals surface area contributed by atoms with Crippen LogP contribution in [0, 0.1) is 17.8 Å². The molecule has 1 fully saturated rings. The van der Waals surface area contributed by atoms with Crippen molar-refractivity contribution in [2.45, 2.75) is 122 Å². The topological polar surface area (TPSA) is 198 Å². The third kappa shape index (κ3) is 16.6. The molecule has 5 N–H and O–H groups in total. The molecule has 1 aliphatic rings. The molecule has 0 heterocycles. The number of benzene rings is 4.